The van der Waals surface area contributed by atoms with Gasteiger partial charge in [0.25, 0.3) is 5.91 Å². The van der Waals surface area contributed by atoms with Gasteiger partial charge in [0.2, 0.25) is 0 Å². The van der Waals surface area contributed by atoms with E-state index in [0.717, 1.165) is 6.42 Å². The fourth-order valence-electron chi connectivity index (χ4n) is 1.84. The van der Waals surface area contributed by atoms with E-state index in [1.165, 1.54) is 24.3 Å². The van der Waals surface area contributed by atoms with Crippen LogP contribution >= 0.6 is 0 Å². The zero-order valence-corrected chi connectivity index (χ0v) is 10.9. The molecule has 1 rings (SSSR count). The fraction of sp³-hybridized carbons (Fsp3) is 0.500. The van der Waals surface area contributed by atoms with E-state index in [4.69, 9.17) is 0 Å². The van der Waals surface area contributed by atoms with Crippen molar-refractivity contribution in [1.29, 1.82) is 0 Å². The van der Waals surface area contributed by atoms with Crippen molar-refractivity contribution in [2.45, 2.75) is 33.2 Å². The number of benzene rings is 1. The van der Waals surface area contributed by atoms with Gasteiger partial charge in [-0.1, -0.05) is 13.8 Å². The van der Waals surface area contributed by atoms with Crippen LogP contribution in [0.4, 0.5) is 4.39 Å². The summed E-state index contributed by atoms with van der Waals surface area (Å²) in [5.41, 5.74) is 0.532. The molecule has 1 unspecified atom stereocenters. The smallest absolute Gasteiger partial charge is 0.253 e. The van der Waals surface area contributed by atoms with Crippen LogP contribution in [0, 0.1) is 11.7 Å². The Hall–Kier alpha value is -1.38. The molecular formula is C14H20FNO. The Kier molecular flexibility index (Phi) is 4.67. The van der Waals surface area contributed by atoms with E-state index in [9.17, 15) is 9.18 Å². The molecule has 0 spiro atoms. The van der Waals surface area contributed by atoms with Crippen LogP contribution in [0.2, 0.25) is 0 Å². The maximum atomic E-state index is 12.8. The van der Waals surface area contributed by atoms with Gasteiger partial charge in [-0.25, -0.2) is 4.39 Å². The maximum Gasteiger partial charge on any atom is 0.253 e. The van der Waals surface area contributed by atoms with Crippen molar-refractivity contribution < 1.29 is 9.18 Å². The lowest BCUT2D eigenvalue weighted by Crippen LogP contribution is -2.35. The molecule has 1 aromatic rings. The number of hydrogen-bond acceptors (Lipinski definition) is 1. The number of nitrogens with zero attached hydrogens (tertiary/aromatic N) is 1. The maximum absolute atomic E-state index is 12.8. The summed E-state index contributed by atoms with van der Waals surface area (Å²) in [7, 11) is 1.79. The number of carbonyl (C=O) groups is 1. The molecule has 0 saturated heterocycles. The van der Waals surface area contributed by atoms with Gasteiger partial charge in [-0.15, -0.1) is 0 Å². The first-order valence-electron chi connectivity index (χ1n) is 5.94. The molecular weight excluding hydrogens is 217 g/mol. The molecule has 2 nitrogen and oxygen atoms in total. The zero-order chi connectivity index (χ0) is 13.0. The molecule has 0 N–H and O–H groups in total. The van der Waals surface area contributed by atoms with Crippen molar-refractivity contribution in [1.82, 2.24) is 4.90 Å². The highest BCUT2D eigenvalue weighted by Gasteiger charge is 2.18. The van der Waals surface area contributed by atoms with Crippen molar-refractivity contribution in [2.24, 2.45) is 5.92 Å². The van der Waals surface area contributed by atoms with Crippen molar-refractivity contribution in [3.63, 3.8) is 0 Å². The third-order valence-corrected chi connectivity index (χ3v) is 2.89. The van der Waals surface area contributed by atoms with Gasteiger partial charge in [-0.3, -0.25) is 4.79 Å². The fourth-order valence-corrected chi connectivity index (χ4v) is 1.84. The molecule has 1 atom stereocenters. The standard InChI is InChI=1S/C14H20FNO/c1-10(2)9-11(3)16(4)14(17)12-5-7-13(15)8-6-12/h5-8,10-11H,9H2,1-4H3. The van der Waals surface area contributed by atoms with Crippen LogP contribution in [0.25, 0.3) is 0 Å². The summed E-state index contributed by atoms with van der Waals surface area (Å²) in [5.74, 6) is 0.172. The second-order valence-electron chi connectivity index (χ2n) is 4.90. The molecule has 0 heterocycles. The predicted octanol–water partition coefficient (Wildman–Crippen LogP) is 3.33. The Morgan fingerprint density at radius 1 is 1.24 bits per heavy atom. The SMILES string of the molecule is CC(C)CC(C)N(C)C(=O)c1ccc(F)cc1. The van der Waals surface area contributed by atoms with E-state index in [0.29, 0.717) is 11.5 Å². The molecule has 3 heteroatoms. The third kappa shape index (κ3) is 3.84. The first kappa shape index (κ1) is 13.7. The molecule has 0 aliphatic heterocycles. The topological polar surface area (TPSA) is 20.3 Å². The van der Waals surface area contributed by atoms with Gasteiger partial charge in [-0.2, -0.15) is 0 Å². The van der Waals surface area contributed by atoms with Gasteiger partial charge >= 0.3 is 0 Å². The van der Waals surface area contributed by atoms with Gasteiger partial charge in [0.15, 0.2) is 0 Å². The van der Waals surface area contributed by atoms with Crippen LogP contribution in [0.3, 0.4) is 0 Å². The summed E-state index contributed by atoms with van der Waals surface area (Å²) in [4.78, 5) is 13.8. The van der Waals surface area contributed by atoms with E-state index >= 15 is 0 Å². The molecule has 0 radical (unpaired) electrons. The average molecular weight is 237 g/mol. The highest BCUT2D eigenvalue weighted by molar-refractivity contribution is 5.94. The van der Waals surface area contributed by atoms with Crippen molar-refractivity contribution >= 4 is 5.91 Å². The first-order chi connectivity index (χ1) is 7.91. The molecule has 0 bridgehead atoms. The Morgan fingerprint density at radius 3 is 2.24 bits per heavy atom. The minimum atomic E-state index is -0.320. The average Bonchev–Trinajstić information content (AvgIpc) is 2.27. The van der Waals surface area contributed by atoms with E-state index in [1.54, 1.807) is 11.9 Å². The Bertz CT molecular complexity index is 372. The summed E-state index contributed by atoms with van der Waals surface area (Å²) in [6.07, 6.45) is 0.962. The summed E-state index contributed by atoms with van der Waals surface area (Å²) in [6.45, 7) is 6.29. The van der Waals surface area contributed by atoms with Crippen LogP contribution in [-0.4, -0.2) is 23.9 Å². The number of rotatable bonds is 4. The molecule has 1 aromatic carbocycles. The lowest BCUT2D eigenvalue weighted by molar-refractivity contribution is 0.0728. The molecule has 0 aliphatic rings. The van der Waals surface area contributed by atoms with Gasteiger partial charge < -0.3 is 4.90 Å². The third-order valence-electron chi connectivity index (χ3n) is 2.89. The quantitative estimate of drug-likeness (QED) is 0.786. The van der Waals surface area contributed by atoms with Crippen LogP contribution in [0.5, 0.6) is 0 Å². The molecule has 0 aromatic heterocycles. The minimum absolute atomic E-state index is 0.0573. The Morgan fingerprint density at radius 2 is 1.76 bits per heavy atom. The minimum Gasteiger partial charge on any atom is -0.339 e. The normalized spacial score (nSPS) is 12.6. The van der Waals surface area contributed by atoms with Crippen molar-refractivity contribution in [3.8, 4) is 0 Å². The second-order valence-corrected chi connectivity index (χ2v) is 4.90. The van der Waals surface area contributed by atoms with Gasteiger partial charge in [0.05, 0.1) is 0 Å². The lowest BCUT2D eigenvalue weighted by Gasteiger charge is -2.26. The monoisotopic (exact) mass is 237 g/mol. The van der Waals surface area contributed by atoms with Crippen molar-refractivity contribution in [3.05, 3.63) is 35.6 Å². The highest BCUT2D eigenvalue weighted by Crippen LogP contribution is 2.13. The van der Waals surface area contributed by atoms with Gasteiger partial charge in [0.1, 0.15) is 5.82 Å². The van der Waals surface area contributed by atoms with Crippen LogP contribution in [0.1, 0.15) is 37.6 Å². The predicted molar refractivity (Wildman–Crippen MR) is 67.4 cm³/mol. The Labute approximate surface area is 102 Å². The van der Waals surface area contributed by atoms with Gasteiger partial charge in [-0.05, 0) is 43.5 Å². The van der Waals surface area contributed by atoms with E-state index < -0.39 is 0 Å². The first-order valence-corrected chi connectivity index (χ1v) is 5.94. The zero-order valence-electron chi connectivity index (χ0n) is 10.9. The molecule has 0 saturated carbocycles. The van der Waals surface area contributed by atoms with Gasteiger partial charge in [0, 0.05) is 18.7 Å². The Balaban J connectivity index is 2.72. The second kappa shape index (κ2) is 5.80. The number of carbonyl (C=O) groups excluding carboxylic acids is 1. The van der Waals surface area contributed by atoms with Crippen LogP contribution in [-0.2, 0) is 0 Å². The summed E-state index contributed by atoms with van der Waals surface area (Å²) in [6, 6.07) is 5.86. The number of halogens is 1. The van der Waals surface area contributed by atoms with E-state index in [2.05, 4.69) is 13.8 Å². The molecule has 17 heavy (non-hydrogen) atoms. The van der Waals surface area contributed by atoms with Crippen molar-refractivity contribution in [2.75, 3.05) is 7.05 Å². The largest absolute Gasteiger partial charge is 0.339 e. The van der Waals surface area contributed by atoms with Crippen LogP contribution < -0.4 is 0 Å². The highest BCUT2D eigenvalue weighted by atomic mass is 19.1. The number of amides is 1. The summed E-state index contributed by atoms with van der Waals surface area (Å²) >= 11 is 0. The molecule has 94 valence electrons. The van der Waals surface area contributed by atoms with E-state index in [-0.39, 0.29) is 17.8 Å². The molecule has 0 fully saturated rings. The van der Waals surface area contributed by atoms with E-state index in [1.807, 2.05) is 6.92 Å². The van der Waals surface area contributed by atoms with Crippen LogP contribution in [0.15, 0.2) is 24.3 Å². The molecule has 1 amide bonds. The number of hydrogen-bond donors (Lipinski definition) is 0. The summed E-state index contributed by atoms with van der Waals surface area (Å²) in [5, 5.41) is 0. The lowest BCUT2D eigenvalue weighted by atomic mass is 10.0. The molecule has 0 aliphatic carbocycles. The summed E-state index contributed by atoms with van der Waals surface area (Å²) < 4.78 is 12.8.